The van der Waals surface area contributed by atoms with Gasteiger partial charge in [-0.3, -0.25) is 10.1 Å². The molecule has 0 aliphatic rings. The van der Waals surface area contributed by atoms with Crippen LogP contribution < -0.4 is 4.74 Å². The van der Waals surface area contributed by atoms with Crippen LogP contribution in [-0.2, 0) is 0 Å². The fraction of sp³-hybridized carbons (Fsp3) is 0.400. The number of nitro groups is 1. The highest BCUT2D eigenvalue weighted by Crippen LogP contribution is 2.30. The summed E-state index contributed by atoms with van der Waals surface area (Å²) in [4.78, 5) is 10.3. The zero-order chi connectivity index (χ0) is 12.1. The Morgan fingerprint density at radius 3 is 2.88 bits per heavy atom. The molecular weight excluding hydrogens is 294 g/mol. The minimum absolute atomic E-state index is 0.0271. The third-order valence-electron chi connectivity index (χ3n) is 1.95. The summed E-state index contributed by atoms with van der Waals surface area (Å²) in [5, 5.41) is 10.8. The summed E-state index contributed by atoms with van der Waals surface area (Å²) in [6, 6.07) is 4.74. The highest BCUT2D eigenvalue weighted by atomic mass is 79.9. The van der Waals surface area contributed by atoms with Crippen molar-refractivity contribution in [1.29, 1.82) is 0 Å². The number of benzene rings is 1. The van der Waals surface area contributed by atoms with Gasteiger partial charge in [-0.15, -0.1) is 0 Å². The smallest absolute Gasteiger partial charge is 0.312 e. The maximum atomic E-state index is 10.8. The summed E-state index contributed by atoms with van der Waals surface area (Å²) in [5.74, 6) is 1.23. The minimum atomic E-state index is -0.453. The van der Waals surface area contributed by atoms with Gasteiger partial charge in [0.1, 0.15) is 0 Å². The van der Waals surface area contributed by atoms with Gasteiger partial charge in [-0.1, -0.05) is 22.9 Å². The molecule has 0 radical (unpaired) electrons. The van der Waals surface area contributed by atoms with Crippen molar-refractivity contribution in [2.24, 2.45) is 5.92 Å². The van der Waals surface area contributed by atoms with E-state index in [0.29, 0.717) is 22.6 Å². The first kappa shape index (κ1) is 13.3. The second-order valence-corrected chi connectivity index (χ2v) is 4.75. The molecule has 1 atom stereocenters. The van der Waals surface area contributed by atoms with Crippen LogP contribution in [0, 0.1) is 16.0 Å². The summed E-state index contributed by atoms with van der Waals surface area (Å²) in [5.41, 5.74) is -0.0271. The van der Waals surface area contributed by atoms with Crippen LogP contribution in [0.4, 0.5) is 5.69 Å². The Morgan fingerprint density at radius 1 is 1.62 bits per heavy atom. The maximum absolute atomic E-state index is 10.8. The second kappa shape index (κ2) is 6.10. The number of hydrogen-bond donors (Lipinski definition) is 1. The number of nitro benzene ring substituents is 1. The fourth-order valence-corrected chi connectivity index (χ4v) is 1.49. The van der Waals surface area contributed by atoms with E-state index in [1.807, 2.05) is 6.92 Å². The zero-order valence-corrected chi connectivity index (χ0v) is 11.2. The highest BCUT2D eigenvalue weighted by Gasteiger charge is 2.16. The Morgan fingerprint density at radius 2 is 2.31 bits per heavy atom. The van der Waals surface area contributed by atoms with E-state index >= 15 is 0 Å². The molecule has 0 heterocycles. The van der Waals surface area contributed by atoms with E-state index in [0.717, 1.165) is 0 Å². The Bertz CT molecular complexity index is 386. The Kier molecular flexibility index (Phi) is 5.08. The van der Waals surface area contributed by atoms with Gasteiger partial charge in [-0.05, 0) is 23.8 Å². The zero-order valence-electron chi connectivity index (χ0n) is 8.72. The first-order chi connectivity index (χ1) is 7.54. The number of thiol groups is 1. The van der Waals surface area contributed by atoms with Gasteiger partial charge in [-0.2, -0.15) is 12.6 Å². The summed E-state index contributed by atoms with van der Waals surface area (Å²) in [7, 11) is 0. The predicted molar refractivity (Wildman–Crippen MR) is 69.3 cm³/mol. The van der Waals surface area contributed by atoms with E-state index in [4.69, 9.17) is 4.74 Å². The predicted octanol–water partition coefficient (Wildman–Crippen LogP) is 3.30. The van der Waals surface area contributed by atoms with E-state index in [9.17, 15) is 10.1 Å². The molecule has 6 heteroatoms. The van der Waals surface area contributed by atoms with E-state index in [-0.39, 0.29) is 11.6 Å². The van der Waals surface area contributed by atoms with Crippen molar-refractivity contribution in [3.63, 3.8) is 0 Å². The first-order valence-electron chi connectivity index (χ1n) is 4.72. The average molecular weight is 306 g/mol. The molecule has 0 saturated heterocycles. The molecule has 0 fully saturated rings. The fourth-order valence-electron chi connectivity index (χ4n) is 1.04. The Balaban J connectivity index is 2.82. The van der Waals surface area contributed by atoms with Crippen LogP contribution in [0.3, 0.4) is 0 Å². The number of ether oxygens (including phenoxy) is 1. The summed E-state index contributed by atoms with van der Waals surface area (Å²) < 4.78 is 6.06. The average Bonchev–Trinajstić information content (AvgIpc) is 2.26. The van der Waals surface area contributed by atoms with Crippen LogP contribution in [0.5, 0.6) is 5.75 Å². The van der Waals surface area contributed by atoms with Crippen molar-refractivity contribution in [2.75, 3.05) is 12.4 Å². The van der Waals surface area contributed by atoms with Crippen LogP contribution in [-0.4, -0.2) is 17.3 Å². The van der Waals surface area contributed by atoms with E-state index in [1.165, 1.54) is 6.07 Å². The van der Waals surface area contributed by atoms with Crippen molar-refractivity contribution >= 4 is 34.2 Å². The van der Waals surface area contributed by atoms with Crippen LogP contribution in [0.1, 0.15) is 6.92 Å². The lowest BCUT2D eigenvalue weighted by Gasteiger charge is -2.10. The number of nitrogens with zero attached hydrogens (tertiary/aromatic N) is 1. The quantitative estimate of drug-likeness (QED) is 0.516. The lowest BCUT2D eigenvalue weighted by Crippen LogP contribution is -2.10. The molecule has 0 aliphatic heterocycles. The van der Waals surface area contributed by atoms with Crippen molar-refractivity contribution in [3.05, 3.63) is 32.8 Å². The van der Waals surface area contributed by atoms with Gasteiger partial charge in [0.2, 0.25) is 0 Å². The molecule has 1 unspecified atom stereocenters. The van der Waals surface area contributed by atoms with Gasteiger partial charge >= 0.3 is 5.69 Å². The van der Waals surface area contributed by atoms with Crippen molar-refractivity contribution in [3.8, 4) is 5.75 Å². The van der Waals surface area contributed by atoms with E-state index in [2.05, 4.69) is 28.6 Å². The van der Waals surface area contributed by atoms with Gasteiger partial charge < -0.3 is 4.74 Å². The largest absolute Gasteiger partial charge is 0.486 e. The summed E-state index contributed by atoms with van der Waals surface area (Å²) in [6.45, 7) is 2.39. The van der Waals surface area contributed by atoms with Crippen molar-refractivity contribution in [2.45, 2.75) is 6.92 Å². The maximum Gasteiger partial charge on any atom is 0.312 e. The molecule has 16 heavy (non-hydrogen) atoms. The lowest BCUT2D eigenvalue weighted by molar-refractivity contribution is -0.386. The molecule has 88 valence electrons. The SMILES string of the molecule is CC(CS)COc1ccc(Br)cc1[N+](=O)[O-]. The van der Waals surface area contributed by atoms with Crippen LogP contribution in [0.2, 0.25) is 0 Å². The number of halogens is 1. The minimum Gasteiger partial charge on any atom is -0.486 e. The molecule has 0 aliphatic carbocycles. The molecule has 0 N–H and O–H groups in total. The van der Waals surface area contributed by atoms with E-state index < -0.39 is 4.92 Å². The van der Waals surface area contributed by atoms with Crippen molar-refractivity contribution < 1.29 is 9.66 Å². The summed E-state index contributed by atoms with van der Waals surface area (Å²) in [6.07, 6.45) is 0. The van der Waals surface area contributed by atoms with Crippen LogP contribution >= 0.6 is 28.6 Å². The molecule has 0 amide bonds. The lowest BCUT2D eigenvalue weighted by atomic mass is 10.2. The van der Waals surface area contributed by atoms with Gasteiger partial charge in [0.25, 0.3) is 0 Å². The highest BCUT2D eigenvalue weighted by molar-refractivity contribution is 9.10. The second-order valence-electron chi connectivity index (χ2n) is 3.47. The van der Waals surface area contributed by atoms with E-state index in [1.54, 1.807) is 12.1 Å². The molecule has 1 rings (SSSR count). The Hall–Kier alpha value is -0.750. The van der Waals surface area contributed by atoms with Gasteiger partial charge in [0.15, 0.2) is 5.75 Å². The molecule has 0 saturated carbocycles. The monoisotopic (exact) mass is 305 g/mol. The standard InChI is InChI=1S/C10H12BrNO3S/c1-7(6-16)5-15-10-3-2-8(11)4-9(10)12(13)14/h2-4,7,16H,5-6H2,1H3. The van der Waals surface area contributed by atoms with Crippen molar-refractivity contribution in [1.82, 2.24) is 0 Å². The molecule has 0 spiro atoms. The topological polar surface area (TPSA) is 52.4 Å². The molecule has 1 aromatic rings. The third kappa shape index (κ3) is 3.68. The molecule has 4 nitrogen and oxygen atoms in total. The molecular formula is C10H12BrNO3S. The third-order valence-corrected chi connectivity index (χ3v) is 3.07. The number of hydrogen-bond acceptors (Lipinski definition) is 4. The molecule has 0 bridgehead atoms. The number of rotatable bonds is 5. The normalized spacial score (nSPS) is 12.2. The van der Waals surface area contributed by atoms with Crippen LogP contribution in [0.15, 0.2) is 22.7 Å². The Labute approximate surface area is 108 Å². The van der Waals surface area contributed by atoms with Gasteiger partial charge in [0, 0.05) is 10.5 Å². The van der Waals surface area contributed by atoms with Gasteiger partial charge in [-0.25, -0.2) is 0 Å². The molecule has 0 aromatic heterocycles. The summed E-state index contributed by atoms with van der Waals surface area (Å²) >= 11 is 7.31. The molecule has 1 aromatic carbocycles. The van der Waals surface area contributed by atoms with Crippen LogP contribution in [0.25, 0.3) is 0 Å². The van der Waals surface area contributed by atoms with Gasteiger partial charge in [0.05, 0.1) is 11.5 Å². The first-order valence-corrected chi connectivity index (χ1v) is 6.14.